The van der Waals surface area contributed by atoms with Crippen LogP contribution in [0.5, 0.6) is 0 Å². The Balaban J connectivity index is 1.33. The van der Waals surface area contributed by atoms with Crippen LogP contribution in [0.15, 0.2) is 52.7 Å². The van der Waals surface area contributed by atoms with E-state index in [0.29, 0.717) is 22.1 Å². The van der Waals surface area contributed by atoms with Crippen LogP contribution in [0, 0.1) is 0 Å². The maximum Gasteiger partial charge on any atom is 0.278 e. The zero-order valence-electron chi connectivity index (χ0n) is 18.5. The molecule has 1 saturated heterocycles. The molecule has 2 aromatic rings. The number of thiazole rings is 1. The normalized spacial score (nSPS) is 19.4. The van der Waals surface area contributed by atoms with Crippen LogP contribution in [0.1, 0.15) is 34.5 Å². The van der Waals surface area contributed by atoms with Gasteiger partial charge in [0.2, 0.25) is 0 Å². The Labute approximate surface area is 209 Å². The van der Waals surface area contributed by atoms with Crippen molar-refractivity contribution in [3.8, 4) is 0 Å². The van der Waals surface area contributed by atoms with Crippen molar-refractivity contribution in [3.05, 3.63) is 53.2 Å². The fourth-order valence-corrected chi connectivity index (χ4v) is 6.69. The molecule has 2 aliphatic heterocycles. The Bertz CT molecular complexity index is 1150. The number of thioether (sulfide) groups is 1. The van der Waals surface area contributed by atoms with E-state index in [1.165, 1.54) is 17.5 Å². The standard InChI is InChI=1S/C23H25N5O3S3/c29-21(25-23-24-15-19(33-23)22(30)27-11-13-32-14-12-27)20(26-28-9-1-2-10-28)16-3-5-17(6-4-16)34(31)18-7-8-18/h1,3-6,9,15,18H,2,7-8,10-14H2,(H,24,25,29)/b26-20+. The molecule has 2 fully saturated rings. The molecule has 11 heteroatoms. The van der Waals surface area contributed by atoms with Crippen LogP contribution in [0.2, 0.25) is 0 Å². The molecule has 1 unspecified atom stereocenters. The molecule has 3 heterocycles. The third-order valence-corrected chi connectivity index (χ3v) is 9.33. The first-order valence-corrected chi connectivity index (χ1v) is 14.4. The number of amides is 2. The minimum absolute atomic E-state index is 0.0476. The number of nitrogens with zero attached hydrogens (tertiary/aromatic N) is 4. The van der Waals surface area contributed by atoms with E-state index in [4.69, 9.17) is 0 Å². The highest BCUT2D eigenvalue weighted by Crippen LogP contribution is 2.30. The number of hydrogen-bond donors (Lipinski definition) is 1. The molecule has 1 aliphatic carbocycles. The number of anilines is 1. The Morgan fingerprint density at radius 1 is 1.12 bits per heavy atom. The van der Waals surface area contributed by atoms with Crippen LogP contribution in [0.25, 0.3) is 0 Å². The number of hydrazone groups is 1. The van der Waals surface area contributed by atoms with E-state index in [0.717, 1.165) is 48.8 Å². The first-order chi connectivity index (χ1) is 16.6. The van der Waals surface area contributed by atoms with E-state index in [1.807, 2.05) is 41.1 Å². The van der Waals surface area contributed by atoms with Gasteiger partial charge in [-0.1, -0.05) is 29.5 Å². The Morgan fingerprint density at radius 3 is 2.56 bits per heavy atom. The minimum atomic E-state index is -1.00. The van der Waals surface area contributed by atoms with E-state index >= 15 is 0 Å². The van der Waals surface area contributed by atoms with Gasteiger partial charge in [0.1, 0.15) is 4.88 Å². The van der Waals surface area contributed by atoms with Gasteiger partial charge >= 0.3 is 0 Å². The molecule has 0 radical (unpaired) electrons. The van der Waals surface area contributed by atoms with Gasteiger partial charge < -0.3 is 4.90 Å². The highest BCUT2D eigenvalue weighted by atomic mass is 32.2. The van der Waals surface area contributed by atoms with Crippen molar-refractivity contribution in [2.75, 3.05) is 36.5 Å². The average molecular weight is 516 g/mol. The summed E-state index contributed by atoms with van der Waals surface area (Å²) in [4.78, 5) is 33.3. The van der Waals surface area contributed by atoms with E-state index in [1.54, 1.807) is 17.1 Å². The summed E-state index contributed by atoms with van der Waals surface area (Å²) < 4.78 is 12.5. The molecule has 1 aromatic heterocycles. The van der Waals surface area contributed by atoms with Gasteiger partial charge in [-0.05, 0) is 31.4 Å². The lowest BCUT2D eigenvalue weighted by molar-refractivity contribution is -0.110. The summed E-state index contributed by atoms with van der Waals surface area (Å²) in [6.45, 7) is 2.15. The van der Waals surface area contributed by atoms with Gasteiger partial charge in [-0.25, -0.2) is 4.98 Å². The summed E-state index contributed by atoms with van der Waals surface area (Å²) in [7, 11) is -1.00. The molecule has 1 atom stereocenters. The predicted octanol–water partition coefficient (Wildman–Crippen LogP) is 3.16. The molecular weight excluding hydrogens is 490 g/mol. The summed E-state index contributed by atoms with van der Waals surface area (Å²) in [6, 6.07) is 7.20. The summed E-state index contributed by atoms with van der Waals surface area (Å²) in [5.41, 5.74) is 0.874. The van der Waals surface area contributed by atoms with Crippen LogP contribution in [0.4, 0.5) is 5.13 Å². The fourth-order valence-electron chi connectivity index (χ4n) is 3.65. The molecule has 34 heavy (non-hydrogen) atoms. The monoisotopic (exact) mass is 515 g/mol. The number of benzene rings is 1. The van der Waals surface area contributed by atoms with E-state index in [-0.39, 0.29) is 16.9 Å². The predicted molar refractivity (Wildman–Crippen MR) is 137 cm³/mol. The molecule has 1 aromatic carbocycles. The fraction of sp³-hybridized carbons (Fsp3) is 0.391. The van der Waals surface area contributed by atoms with Crippen LogP contribution in [-0.2, 0) is 15.6 Å². The Hall–Kier alpha value is -2.50. The Morgan fingerprint density at radius 2 is 1.88 bits per heavy atom. The van der Waals surface area contributed by atoms with Gasteiger partial charge in [0.05, 0.1) is 17.0 Å². The van der Waals surface area contributed by atoms with Crippen molar-refractivity contribution in [1.29, 1.82) is 0 Å². The molecule has 1 N–H and O–H groups in total. The van der Waals surface area contributed by atoms with Gasteiger partial charge in [-0.2, -0.15) is 16.9 Å². The van der Waals surface area contributed by atoms with Crippen LogP contribution < -0.4 is 5.32 Å². The molecule has 3 aliphatic rings. The second-order valence-electron chi connectivity index (χ2n) is 8.19. The maximum atomic E-state index is 13.2. The molecule has 0 bridgehead atoms. The van der Waals surface area contributed by atoms with Gasteiger partial charge in [0, 0.05) is 53.0 Å². The summed E-state index contributed by atoms with van der Waals surface area (Å²) in [6.07, 6.45) is 8.23. The quantitative estimate of drug-likeness (QED) is 0.569. The molecule has 178 valence electrons. The molecule has 0 spiro atoms. The number of hydrogen-bond acceptors (Lipinski definition) is 8. The maximum absolute atomic E-state index is 13.2. The number of rotatable bonds is 7. The second kappa shape index (κ2) is 10.4. The van der Waals surface area contributed by atoms with Crippen molar-refractivity contribution in [2.45, 2.75) is 29.4 Å². The third-order valence-electron chi connectivity index (χ3n) is 5.67. The van der Waals surface area contributed by atoms with E-state index < -0.39 is 16.7 Å². The molecule has 5 rings (SSSR count). The van der Waals surface area contributed by atoms with Crippen LogP contribution in [-0.4, -0.2) is 73.0 Å². The largest absolute Gasteiger partial charge is 0.336 e. The number of carbonyl (C=O) groups excluding carboxylic acids is 2. The van der Waals surface area contributed by atoms with Crippen molar-refractivity contribution < 1.29 is 13.8 Å². The SMILES string of the molecule is O=C(Nc1ncc(C(=O)N2CCSCC2)s1)/C(=N/N1C=CCC1)c1ccc(S(=O)C2CC2)cc1. The zero-order valence-corrected chi connectivity index (χ0v) is 21.0. The highest BCUT2D eigenvalue weighted by Gasteiger charge is 2.29. The summed E-state index contributed by atoms with van der Waals surface area (Å²) in [5, 5.41) is 9.71. The topological polar surface area (TPSA) is 95.0 Å². The Kier molecular flexibility index (Phi) is 7.12. The van der Waals surface area contributed by atoms with Crippen LogP contribution >= 0.6 is 23.1 Å². The van der Waals surface area contributed by atoms with E-state index in [2.05, 4.69) is 15.4 Å². The first kappa shape index (κ1) is 23.3. The molecule has 8 nitrogen and oxygen atoms in total. The lowest BCUT2D eigenvalue weighted by Crippen LogP contribution is -2.37. The van der Waals surface area contributed by atoms with Gasteiger partial charge in [-0.3, -0.25) is 24.1 Å². The van der Waals surface area contributed by atoms with Gasteiger partial charge in [0.25, 0.3) is 11.8 Å². The van der Waals surface area contributed by atoms with Crippen molar-refractivity contribution in [3.63, 3.8) is 0 Å². The average Bonchev–Trinajstić information content (AvgIpc) is 3.39. The molecular formula is C23H25N5O3S3. The summed E-state index contributed by atoms with van der Waals surface area (Å²) in [5.74, 6) is 1.42. The van der Waals surface area contributed by atoms with Crippen molar-refractivity contribution in [1.82, 2.24) is 14.9 Å². The number of nitrogens with one attached hydrogen (secondary N) is 1. The number of carbonyl (C=O) groups is 2. The van der Waals surface area contributed by atoms with Crippen LogP contribution in [0.3, 0.4) is 0 Å². The lowest BCUT2D eigenvalue weighted by atomic mass is 10.1. The minimum Gasteiger partial charge on any atom is -0.336 e. The lowest BCUT2D eigenvalue weighted by Gasteiger charge is -2.25. The highest BCUT2D eigenvalue weighted by molar-refractivity contribution is 7.99. The second-order valence-corrected chi connectivity index (χ2v) is 12.2. The van der Waals surface area contributed by atoms with Gasteiger partial charge in [0.15, 0.2) is 10.8 Å². The van der Waals surface area contributed by atoms with Gasteiger partial charge in [-0.15, -0.1) is 0 Å². The van der Waals surface area contributed by atoms with Crippen molar-refractivity contribution in [2.24, 2.45) is 5.10 Å². The zero-order chi connectivity index (χ0) is 23.5. The van der Waals surface area contributed by atoms with E-state index in [9.17, 15) is 13.8 Å². The summed E-state index contributed by atoms with van der Waals surface area (Å²) >= 11 is 3.01. The molecule has 2 amide bonds. The number of aromatic nitrogens is 1. The third kappa shape index (κ3) is 5.42. The first-order valence-electron chi connectivity index (χ1n) is 11.3. The smallest absolute Gasteiger partial charge is 0.278 e. The van der Waals surface area contributed by atoms with Crippen molar-refractivity contribution >= 4 is 56.6 Å². The molecule has 1 saturated carbocycles.